The van der Waals surface area contributed by atoms with Crippen molar-refractivity contribution >= 4 is 17.6 Å². The maximum atomic E-state index is 12.1. The zero-order valence-corrected chi connectivity index (χ0v) is 17.4. The number of carbonyl (C=O) groups is 1. The van der Waals surface area contributed by atoms with Gasteiger partial charge in [-0.3, -0.25) is 4.68 Å². The van der Waals surface area contributed by atoms with Gasteiger partial charge in [0.05, 0.1) is 32.9 Å². The first-order chi connectivity index (χ1) is 13.9. The van der Waals surface area contributed by atoms with Crippen molar-refractivity contribution in [3.63, 3.8) is 0 Å². The first kappa shape index (κ1) is 19.6. The van der Waals surface area contributed by atoms with Crippen LogP contribution in [0.4, 0.5) is 16.3 Å². The maximum absolute atomic E-state index is 12.1. The quantitative estimate of drug-likeness (QED) is 0.850. The van der Waals surface area contributed by atoms with Gasteiger partial charge in [-0.05, 0) is 31.4 Å². The number of aromatic nitrogens is 2. The van der Waals surface area contributed by atoms with E-state index in [0.29, 0.717) is 13.1 Å². The van der Waals surface area contributed by atoms with Gasteiger partial charge in [-0.2, -0.15) is 5.10 Å². The Kier molecular flexibility index (Phi) is 5.12. The molecule has 2 aliphatic rings. The number of aryl methyl sites for hydroxylation is 1. The summed E-state index contributed by atoms with van der Waals surface area (Å²) in [5.41, 5.74) is 4.20. The topological polar surface area (TPSA) is 80.1 Å². The molecule has 1 aliphatic heterocycles. The van der Waals surface area contributed by atoms with Crippen LogP contribution in [0.1, 0.15) is 35.7 Å². The van der Waals surface area contributed by atoms with E-state index in [0.717, 1.165) is 53.3 Å². The van der Waals surface area contributed by atoms with Crippen LogP contribution in [0.25, 0.3) is 0 Å². The minimum atomic E-state index is -0.326. The molecule has 8 heteroatoms. The predicted octanol–water partition coefficient (Wildman–Crippen LogP) is 2.79. The Labute approximate surface area is 170 Å². The van der Waals surface area contributed by atoms with Gasteiger partial charge in [0.25, 0.3) is 0 Å². The molecule has 156 valence electrons. The van der Waals surface area contributed by atoms with Crippen molar-refractivity contribution in [1.29, 1.82) is 0 Å². The number of carbonyl (C=O) groups excluding carboxylic acids is 1. The summed E-state index contributed by atoms with van der Waals surface area (Å²) in [6.07, 6.45) is 1.58. The number of hydrogen-bond donors (Lipinski definition) is 1. The van der Waals surface area contributed by atoms with Crippen molar-refractivity contribution in [2.24, 2.45) is 0 Å². The molecule has 2 heterocycles. The number of fused-ring (bicyclic) bond motifs is 1. The summed E-state index contributed by atoms with van der Waals surface area (Å²) in [5, 5.41) is 14.7. The van der Waals surface area contributed by atoms with Gasteiger partial charge >= 0.3 is 6.09 Å². The molecule has 2 aromatic rings. The van der Waals surface area contributed by atoms with E-state index < -0.39 is 0 Å². The van der Waals surface area contributed by atoms with E-state index in [1.807, 2.05) is 37.1 Å². The third kappa shape index (κ3) is 3.42. The number of benzene rings is 1. The molecular formula is C21H28N4O4. The van der Waals surface area contributed by atoms with Crippen LogP contribution in [-0.2, 0) is 17.7 Å². The summed E-state index contributed by atoms with van der Waals surface area (Å²) < 4.78 is 12.5. The molecule has 1 amide bonds. The number of nitrogens with zero attached hydrogens (tertiary/aromatic N) is 4. The van der Waals surface area contributed by atoms with E-state index in [-0.39, 0.29) is 18.2 Å². The van der Waals surface area contributed by atoms with Gasteiger partial charge in [0, 0.05) is 43.0 Å². The average molecular weight is 400 g/mol. The van der Waals surface area contributed by atoms with Crippen molar-refractivity contribution in [2.45, 2.75) is 44.9 Å². The van der Waals surface area contributed by atoms with Crippen LogP contribution in [0.5, 0.6) is 5.75 Å². The highest BCUT2D eigenvalue weighted by atomic mass is 16.5. The zero-order chi connectivity index (χ0) is 20.7. The van der Waals surface area contributed by atoms with Crippen LogP contribution in [-0.4, -0.2) is 59.8 Å². The smallest absolute Gasteiger partial charge is 0.409 e. The third-order valence-electron chi connectivity index (χ3n) is 6.03. The Hall–Kier alpha value is -2.74. The van der Waals surface area contributed by atoms with Gasteiger partial charge < -0.3 is 24.4 Å². The Bertz CT molecular complexity index is 920. The van der Waals surface area contributed by atoms with Crippen LogP contribution >= 0.6 is 0 Å². The minimum Gasteiger partial charge on any atom is -0.496 e. The molecule has 1 N–H and O–H groups in total. The largest absolute Gasteiger partial charge is 0.496 e. The van der Waals surface area contributed by atoms with Gasteiger partial charge in [0.1, 0.15) is 5.75 Å². The lowest BCUT2D eigenvalue weighted by Gasteiger charge is -2.34. The summed E-state index contributed by atoms with van der Waals surface area (Å²) in [6, 6.07) is 6.27. The molecule has 0 atom stereocenters. The summed E-state index contributed by atoms with van der Waals surface area (Å²) in [5.74, 6) is 1.64. The number of hydrogen-bond acceptors (Lipinski definition) is 6. The number of amides is 1. The molecule has 4 rings (SSSR count). The molecule has 0 saturated heterocycles. The number of rotatable bonds is 4. The molecule has 8 nitrogen and oxygen atoms in total. The SMILES string of the molecule is COC(=O)N1CCc2c(c(N(C)c3ccc(C)c(OC)c3)nn2C2CC(O)C2)C1. The standard InChI is InChI=1S/C21H28N4O4/c1-13-5-6-14(11-19(13)28-3)23(2)20-17-12-24(21(27)29-4)8-7-18(17)25(22-20)15-9-16(26)10-15/h5-6,11,15-16,26H,7-10,12H2,1-4H3. The summed E-state index contributed by atoms with van der Waals surface area (Å²) in [7, 11) is 5.05. The van der Waals surface area contributed by atoms with Crippen LogP contribution in [0.3, 0.4) is 0 Å². The number of aliphatic hydroxyl groups is 1. The van der Waals surface area contributed by atoms with E-state index >= 15 is 0 Å². The van der Waals surface area contributed by atoms with Crippen molar-refractivity contribution < 1.29 is 19.4 Å². The molecule has 0 unspecified atom stereocenters. The van der Waals surface area contributed by atoms with Crippen molar-refractivity contribution in [2.75, 3.05) is 32.7 Å². The number of ether oxygens (including phenoxy) is 2. The first-order valence-corrected chi connectivity index (χ1v) is 9.92. The Morgan fingerprint density at radius 3 is 2.72 bits per heavy atom. The second kappa shape index (κ2) is 7.59. The lowest BCUT2D eigenvalue weighted by molar-refractivity contribution is 0.0417. The number of methoxy groups -OCH3 is 2. The Morgan fingerprint density at radius 1 is 1.31 bits per heavy atom. The highest BCUT2D eigenvalue weighted by Gasteiger charge is 2.36. The highest BCUT2D eigenvalue weighted by molar-refractivity contribution is 5.70. The normalized spacial score (nSPS) is 20.7. The number of anilines is 2. The lowest BCUT2D eigenvalue weighted by Crippen LogP contribution is -2.38. The van der Waals surface area contributed by atoms with E-state index in [2.05, 4.69) is 4.68 Å². The molecule has 0 bridgehead atoms. The molecule has 1 saturated carbocycles. The second-order valence-corrected chi connectivity index (χ2v) is 7.83. The average Bonchev–Trinajstić information content (AvgIpc) is 3.09. The maximum Gasteiger partial charge on any atom is 0.409 e. The fraction of sp³-hybridized carbons (Fsp3) is 0.524. The van der Waals surface area contributed by atoms with E-state index in [4.69, 9.17) is 14.6 Å². The van der Waals surface area contributed by atoms with Crippen LogP contribution < -0.4 is 9.64 Å². The monoisotopic (exact) mass is 400 g/mol. The minimum absolute atomic E-state index is 0.207. The highest BCUT2D eigenvalue weighted by Crippen LogP contribution is 2.39. The van der Waals surface area contributed by atoms with Gasteiger partial charge in [-0.25, -0.2) is 4.79 Å². The van der Waals surface area contributed by atoms with Gasteiger partial charge in [-0.1, -0.05) is 6.07 Å². The lowest BCUT2D eigenvalue weighted by atomic mass is 9.89. The fourth-order valence-corrected chi connectivity index (χ4v) is 4.18. The molecule has 1 aliphatic carbocycles. The molecule has 29 heavy (non-hydrogen) atoms. The Balaban J connectivity index is 1.73. The van der Waals surface area contributed by atoms with Gasteiger partial charge in [-0.15, -0.1) is 0 Å². The first-order valence-electron chi connectivity index (χ1n) is 9.92. The summed E-state index contributed by atoms with van der Waals surface area (Å²) in [4.78, 5) is 15.9. The van der Waals surface area contributed by atoms with Crippen LogP contribution in [0, 0.1) is 6.92 Å². The molecule has 1 fully saturated rings. The van der Waals surface area contributed by atoms with Crippen molar-refractivity contribution in [3.05, 3.63) is 35.0 Å². The third-order valence-corrected chi connectivity index (χ3v) is 6.03. The number of aliphatic hydroxyl groups excluding tert-OH is 1. The zero-order valence-electron chi connectivity index (χ0n) is 17.4. The van der Waals surface area contributed by atoms with Crippen molar-refractivity contribution in [1.82, 2.24) is 14.7 Å². The van der Waals surface area contributed by atoms with Crippen LogP contribution in [0.2, 0.25) is 0 Å². The predicted molar refractivity (Wildman–Crippen MR) is 109 cm³/mol. The van der Waals surface area contributed by atoms with Gasteiger partial charge in [0.15, 0.2) is 5.82 Å². The molecule has 0 spiro atoms. The molecular weight excluding hydrogens is 372 g/mol. The van der Waals surface area contributed by atoms with Gasteiger partial charge in [0.2, 0.25) is 0 Å². The van der Waals surface area contributed by atoms with E-state index in [9.17, 15) is 9.90 Å². The summed E-state index contributed by atoms with van der Waals surface area (Å²) >= 11 is 0. The fourth-order valence-electron chi connectivity index (χ4n) is 4.18. The molecule has 1 aromatic carbocycles. The second-order valence-electron chi connectivity index (χ2n) is 7.83. The van der Waals surface area contributed by atoms with Crippen LogP contribution in [0.15, 0.2) is 18.2 Å². The van der Waals surface area contributed by atoms with E-state index in [1.165, 1.54) is 7.11 Å². The Morgan fingerprint density at radius 2 is 2.07 bits per heavy atom. The van der Waals surface area contributed by atoms with Crippen molar-refractivity contribution in [3.8, 4) is 5.75 Å². The van der Waals surface area contributed by atoms with E-state index in [1.54, 1.807) is 12.0 Å². The molecule has 1 aromatic heterocycles. The molecule has 0 radical (unpaired) electrons. The summed E-state index contributed by atoms with van der Waals surface area (Å²) in [6.45, 7) is 3.07.